The van der Waals surface area contributed by atoms with E-state index in [9.17, 15) is 9.59 Å². The average Bonchev–Trinajstić information content (AvgIpc) is 3.19. The maximum absolute atomic E-state index is 12.3. The quantitative estimate of drug-likeness (QED) is 0.857. The number of carbonyl (C=O) groups excluding carboxylic acids is 1. The fraction of sp³-hybridized carbons (Fsp3) is 0.357. The van der Waals surface area contributed by atoms with Crippen LogP contribution in [-0.2, 0) is 4.79 Å². The Morgan fingerprint density at radius 2 is 2.18 bits per heavy atom. The first-order chi connectivity index (χ1) is 10.6. The van der Waals surface area contributed by atoms with Gasteiger partial charge in [0.15, 0.2) is 0 Å². The topological polar surface area (TPSA) is 110 Å². The van der Waals surface area contributed by atoms with Crippen molar-refractivity contribution >= 4 is 11.9 Å². The Labute approximate surface area is 126 Å². The first-order valence-electron chi connectivity index (χ1n) is 7.00. The number of nitrogens with one attached hydrogen (secondary N) is 1. The minimum Gasteiger partial charge on any atom is -0.481 e. The fourth-order valence-electron chi connectivity index (χ4n) is 2.67. The van der Waals surface area contributed by atoms with Gasteiger partial charge in [-0.3, -0.25) is 9.59 Å². The highest BCUT2D eigenvalue weighted by atomic mass is 16.4. The summed E-state index contributed by atoms with van der Waals surface area (Å²) < 4.78 is 1.47. The van der Waals surface area contributed by atoms with E-state index in [1.165, 1.54) is 11.0 Å². The number of rotatable bonds is 4. The van der Waals surface area contributed by atoms with Crippen molar-refractivity contribution in [2.45, 2.75) is 25.3 Å². The molecule has 8 heteroatoms. The molecule has 0 radical (unpaired) electrons. The van der Waals surface area contributed by atoms with Crippen molar-refractivity contribution < 1.29 is 14.7 Å². The molecule has 114 valence electrons. The molecule has 2 atom stereocenters. The lowest BCUT2D eigenvalue weighted by molar-refractivity contribution is -0.141. The Hall–Kier alpha value is -2.77. The van der Waals surface area contributed by atoms with Gasteiger partial charge in [0.2, 0.25) is 0 Å². The van der Waals surface area contributed by atoms with Gasteiger partial charge in [-0.1, -0.05) is 6.07 Å². The predicted octanol–water partition coefficient (Wildman–Crippen LogP) is 0.645. The number of nitrogens with zero attached hydrogens (tertiary/aromatic N) is 4. The molecule has 1 aliphatic carbocycles. The SMILES string of the molecule is O=C(N[C@@H]1CC[C@H](C(=O)O)C1)c1cccc(-n2cnnn2)c1. The van der Waals surface area contributed by atoms with E-state index in [4.69, 9.17) is 5.11 Å². The van der Waals surface area contributed by atoms with Gasteiger partial charge in [0, 0.05) is 11.6 Å². The summed E-state index contributed by atoms with van der Waals surface area (Å²) in [5.74, 6) is -1.37. The number of carboxylic acids is 1. The zero-order valence-corrected chi connectivity index (χ0v) is 11.7. The van der Waals surface area contributed by atoms with Crippen LogP contribution < -0.4 is 5.32 Å². The molecule has 1 amide bonds. The molecule has 1 aromatic carbocycles. The minimum atomic E-state index is -0.794. The summed E-state index contributed by atoms with van der Waals surface area (Å²) in [6.07, 6.45) is 3.22. The van der Waals surface area contributed by atoms with Crippen LogP contribution in [0.4, 0.5) is 0 Å². The number of tetrazole rings is 1. The molecule has 1 saturated carbocycles. The molecule has 8 nitrogen and oxygen atoms in total. The zero-order valence-electron chi connectivity index (χ0n) is 11.7. The van der Waals surface area contributed by atoms with Crippen LogP contribution in [0.3, 0.4) is 0 Å². The van der Waals surface area contributed by atoms with Gasteiger partial charge in [0.25, 0.3) is 5.91 Å². The number of benzene rings is 1. The number of hydrogen-bond acceptors (Lipinski definition) is 5. The van der Waals surface area contributed by atoms with Crippen LogP contribution in [0.15, 0.2) is 30.6 Å². The molecule has 1 aliphatic rings. The van der Waals surface area contributed by atoms with E-state index in [0.717, 1.165) is 0 Å². The lowest BCUT2D eigenvalue weighted by atomic mass is 10.1. The maximum atomic E-state index is 12.3. The van der Waals surface area contributed by atoms with Gasteiger partial charge in [-0.25, -0.2) is 4.68 Å². The molecule has 3 rings (SSSR count). The normalized spacial score (nSPS) is 20.7. The van der Waals surface area contributed by atoms with Crippen molar-refractivity contribution in [1.29, 1.82) is 0 Å². The minimum absolute atomic E-state index is 0.0923. The first-order valence-corrected chi connectivity index (χ1v) is 7.00. The molecule has 0 aliphatic heterocycles. The number of carboxylic acid groups (broad SMARTS) is 1. The molecule has 1 fully saturated rings. The molecule has 0 spiro atoms. The van der Waals surface area contributed by atoms with Crippen molar-refractivity contribution in [3.63, 3.8) is 0 Å². The van der Waals surface area contributed by atoms with Crippen molar-refractivity contribution in [2.75, 3.05) is 0 Å². The van der Waals surface area contributed by atoms with Crippen LogP contribution in [0.1, 0.15) is 29.6 Å². The van der Waals surface area contributed by atoms with Crippen LogP contribution in [0.2, 0.25) is 0 Å². The van der Waals surface area contributed by atoms with E-state index in [-0.39, 0.29) is 17.9 Å². The zero-order chi connectivity index (χ0) is 15.5. The van der Waals surface area contributed by atoms with Crippen molar-refractivity contribution in [3.05, 3.63) is 36.2 Å². The van der Waals surface area contributed by atoms with Crippen LogP contribution in [-0.4, -0.2) is 43.2 Å². The number of aromatic nitrogens is 4. The van der Waals surface area contributed by atoms with Crippen molar-refractivity contribution in [1.82, 2.24) is 25.5 Å². The second-order valence-corrected chi connectivity index (χ2v) is 5.32. The number of aliphatic carboxylic acids is 1. The summed E-state index contributed by atoms with van der Waals surface area (Å²) in [7, 11) is 0. The summed E-state index contributed by atoms with van der Waals surface area (Å²) in [6.45, 7) is 0. The van der Waals surface area contributed by atoms with Gasteiger partial charge in [0.1, 0.15) is 6.33 Å². The van der Waals surface area contributed by atoms with E-state index >= 15 is 0 Å². The predicted molar refractivity (Wildman–Crippen MR) is 75.4 cm³/mol. The van der Waals surface area contributed by atoms with Gasteiger partial charge in [-0.05, 0) is 47.9 Å². The molecule has 1 heterocycles. The molecule has 1 aromatic heterocycles. The fourth-order valence-corrected chi connectivity index (χ4v) is 2.67. The third kappa shape index (κ3) is 2.95. The van der Waals surface area contributed by atoms with Crippen LogP contribution in [0, 0.1) is 5.92 Å². The molecule has 0 bridgehead atoms. The largest absolute Gasteiger partial charge is 0.481 e. The van der Waals surface area contributed by atoms with Gasteiger partial charge in [0.05, 0.1) is 11.6 Å². The summed E-state index contributed by atoms with van der Waals surface area (Å²) >= 11 is 0. The van der Waals surface area contributed by atoms with Crippen LogP contribution >= 0.6 is 0 Å². The van der Waals surface area contributed by atoms with Gasteiger partial charge in [-0.15, -0.1) is 5.10 Å². The van der Waals surface area contributed by atoms with Gasteiger partial charge in [-0.2, -0.15) is 0 Å². The molecule has 2 aromatic rings. The highest BCUT2D eigenvalue weighted by Gasteiger charge is 2.30. The van der Waals surface area contributed by atoms with E-state index in [1.807, 2.05) is 0 Å². The second kappa shape index (κ2) is 5.92. The molecular formula is C14H15N5O3. The van der Waals surface area contributed by atoms with E-state index in [2.05, 4.69) is 20.8 Å². The molecule has 2 N–H and O–H groups in total. The number of carbonyl (C=O) groups is 2. The van der Waals surface area contributed by atoms with E-state index in [1.54, 1.807) is 24.3 Å². The smallest absolute Gasteiger partial charge is 0.306 e. The first kappa shape index (κ1) is 14.2. The van der Waals surface area contributed by atoms with Gasteiger partial charge < -0.3 is 10.4 Å². The van der Waals surface area contributed by atoms with Crippen LogP contribution in [0.25, 0.3) is 5.69 Å². The Morgan fingerprint density at radius 1 is 1.32 bits per heavy atom. The van der Waals surface area contributed by atoms with E-state index < -0.39 is 5.97 Å². The number of amides is 1. The lowest BCUT2D eigenvalue weighted by Crippen LogP contribution is -2.33. The monoisotopic (exact) mass is 301 g/mol. The second-order valence-electron chi connectivity index (χ2n) is 5.32. The summed E-state index contributed by atoms with van der Waals surface area (Å²) in [6, 6.07) is 6.84. The Balaban J connectivity index is 1.68. The third-order valence-electron chi connectivity index (χ3n) is 3.84. The Morgan fingerprint density at radius 3 is 2.86 bits per heavy atom. The molecule has 0 saturated heterocycles. The number of hydrogen-bond donors (Lipinski definition) is 2. The Bertz CT molecular complexity index is 686. The van der Waals surface area contributed by atoms with E-state index in [0.29, 0.717) is 30.5 Å². The summed E-state index contributed by atoms with van der Waals surface area (Å²) in [4.78, 5) is 23.2. The summed E-state index contributed by atoms with van der Waals surface area (Å²) in [5.41, 5.74) is 1.18. The average molecular weight is 301 g/mol. The molecule has 0 unspecified atom stereocenters. The molecule has 22 heavy (non-hydrogen) atoms. The van der Waals surface area contributed by atoms with Gasteiger partial charge >= 0.3 is 5.97 Å². The maximum Gasteiger partial charge on any atom is 0.306 e. The van der Waals surface area contributed by atoms with Crippen molar-refractivity contribution in [2.24, 2.45) is 5.92 Å². The standard InChI is InChI=1S/C14H15N5O3/c20-13(16-11-5-4-10(6-11)14(21)22)9-2-1-3-12(7-9)19-8-15-17-18-19/h1-3,7-8,10-11H,4-6H2,(H,16,20)(H,21,22)/t10-,11+/m0/s1. The third-order valence-corrected chi connectivity index (χ3v) is 3.84. The lowest BCUT2D eigenvalue weighted by Gasteiger charge is -2.13. The van der Waals surface area contributed by atoms with Crippen molar-refractivity contribution in [3.8, 4) is 5.69 Å². The molecular weight excluding hydrogens is 286 g/mol. The highest BCUT2D eigenvalue weighted by molar-refractivity contribution is 5.95. The van der Waals surface area contributed by atoms with Crippen LogP contribution in [0.5, 0.6) is 0 Å². The summed E-state index contributed by atoms with van der Waals surface area (Å²) in [5, 5.41) is 22.8. The Kier molecular flexibility index (Phi) is 3.82. The highest BCUT2D eigenvalue weighted by Crippen LogP contribution is 2.26.